The molecule has 0 bridgehead atoms. The molecule has 0 aromatic heterocycles. The fourth-order valence-corrected chi connectivity index (χ4v) is 2.04. The topological polar surface area (TPSA) is 40.5 Å². The van der Waals surface area contributed by atoms with Crippen LogP contribution in [0.3, 0.4) is 0 Å². The van der Waals surface area contributed by atoms with E-state index in [2.05, 4.69) is 0 Å². The van der Waals surface area contributed by atoms with Crippen molar-refractivity contribution in [3.63, 3.8) is 0 Å². The molecule has 2 aromatic carbocycles. The summed E-state index contributed by atoms with van der Waals surface area (Å²) in [5.41, 5.74) is 1.89. The lowest BCUT2D eigenvalue weighted by molar-refractivity contribution is 0.151. The Labute approximate surface area is 112 Å². The second kappa shape index (κ2) is 6.45. The minimum Gasteiger partial charge on any atom is -0.396 e. The number of hydrogen-bond acceptors (Lipinski definition) is 2. The molecule has 19 heavy (non-hydrogen) atoms. The normalized spacial score (nSPS) is 12.4. The molecule has 0 heterocycles. The third kappa shape index (κ3) is 3.40. The van der Waals surface area contributed by atoms with E-state index in [1.165, 1.54) is 6.07 Å². The van der Waals surface area contributed by atoms with Gasteiger partial charge >= 0.3 is 0 Å². The van der Waals surface area contributed by atoms with E-state index in [1.54, 1.807) is 12.1 Å². The summed E-state index contributed by atoms with van der Waals surface area (Å²) in [5.74, 6) is -0.341. The smallest absolute Gasteiger partial charge is 0.131 e. The van der Waals surface area contributed by atoms with Crippen molar-refractivity contribution < 1.29 is 14.6 Å². The van der Waals surface area contributed by atoms with E-state index >= 15 is 0 Å². The van der Waals surface area contributed by atoms with Gasteiger partial charge in [-0.25, -0.2) is 4.39 Å². The van der Waals surface area contributed by atoms with Gasteiger partial charge in [-0.05, 0) is 30.0 Å². The van der Waals surface area contributed by atoms with E-state index in [1.807, 2.05) is 30.3 Å². The molecule has 0 aliphatic heterocycles. The molecule has 0 spiro atoms. The molecule has 0 amide bonds. The van der Waals surface area contributed by atoms with E-state index in [0.29, 0.717) is 24.0 Å². The van der Waals surface area contributed by atoms with Crippen molar-refractivity contribution in [3.8, 4) is 11.1 Å². The van der Waals surface area contributed by atoms with Gasteiger partial charge in [0.25, 0.3) is 0 Å². The summed E-state index contributed by atoms with van der Waals surface area (Å²) in [6, 6.07) is 14.1. The van der Waals surface area contributed by atoms with Gasteiger partial charge in [-0.15, -0.1) is 0 Å². The zero-order valence-electron chi connectivity index (χ0n) is 10.6. The maximum atomic E-state index is 14.1. The first-order chi connectivity index (χ1) is 9.22. The molecule has 0 saturated carbocycles. The van der Waals surface area contributed by atoms with Gasteiger partial charge in [0.2, 0.25) is 0 Å². The number of aliphatic hydroxyl groups is 2. The standard InChI is InChI=1S/C16H17FO2/c17-15-11-13(16(19)7-4-10-18)8-9-14(15)12-5-2-1-3-6-12/h1-3,5-6,8-9,11,16,18-19H,4,7,10H2. The molecule has 100 valence electrons. The molecule has 0 fully saturated rings. The van der Waals surface area contributed by atoms with Gasteiger partial charge in [-0.3, -0.25) is 0 Å². The van der Waals surface area contributed by atoms with E-state index < -0.39 is 6.10 Å². The number of benzene rings is 2. The summed E-state index contributed by atoms with van der Waals surface area (Å²) >= 11 is 0. The van der Waals surface area contributed by atoms with Crippen LogP contribution < -0.4 is 0 Å². The molecular weight excluding hydrogens is 243 g/mol. The number of hydrogen-bond donors (Lipinski definition) is 2. The fraction of sp³-hybridized carbons (Fsp3) is 0.250. The average Bonchev–Trinajstić information content (AvgIpc) is 2.45. The van der Waals surface area contributed by atoms with Gasteiger partial charge in [-0.2, -0.15) is 0 Å². The number of rotatable bonds is 5. The van der Waals surface area contributed by atoms with Crippen LogP contribution in [0.4, 0.5) is 4.39 Å². The zero-order valence-corrected chi connectivity index (χ0v) is 10.6. The summed E-state index contributed by atoms with van der Waals surface area (Å²) in [7, 11) is 0. The number of aliphatic hydroxyl groups excluding tert-OH is 2. The maximum absolute atomic E-state index is 14.1. The quantitative estimate of drug-likeness (QED) is 0.866. The lowest BCUT2D eigenvalue weighted by Gasteiger charge is -2.12. The van der Waals surface area contributed by atoms with Crippen LogP contribution in [-0.4, -0.2) is 16.8 Å². The van der Waals surface area contributed by atoms with Gasteiger partial charge in [0, 0.05) is 12.2 Å². The van der Waals surface area contributed by atoms with Crippen molar-refractivity contribution in [2.75, 3.05) is 6.61 Å². The monoisotopic (exact) mass is 260 g/mol. The molecule has 3 heteroatoms. The van der Waals surface area contributed by atoms with Crippen molar-refractivity contribution in [3.05, 3.63) is 59.9 Å². The van der Waals surface area contributed by atoms with Crippen LogP contribution in [0, 0.1) is 5.82 Å². The predicted octanol–water partition coefficient (Wildman–Crippen LogP) is 3.30. The summed E-state index contributed by atoms with van der Waals surface area (Å²) in [6.45, 7) is 0.0294. The second-order valence-corrected chi connectivity index (χ2v) is 4.49. The molecule has 0 radical (unpaired) electrons. The fourth-order valence-electron chi connectivity index (χ4n) is 2.04. The van der Waals surface area contributed by atoms with Gasteiger partial charge in [0.05, 0.1) is 6.10 Å². The predicted molar refractivity (Wildman–Crippen MR) is 73.1 cm³/mol. The van der Waals surface area contributed by atoms with E-state index in [9.17, 15) is 9.50 Å². The zero-order chi connectivity index (χ0) is 13.7. The van der Waals surface area contributed by atoms with E-state index in [-0.39, 0.29) is 12.4 Å². The first kappa shape index (κ1) is 13.7. The van der Waals surface area contributed by atoms with Gasteiger partial charge < -0.3 is 10.2 Å². The largest absolute Gasteiger partial charge is 0.396 e. The van der Waals surface area contributed by atoms with Crippen LogP contribution in [0.15, 0.2) is 48.5 Å². The van der Waals surface area contributed by atoms with Gasteiger partial charge in [0.15, 0.2) is 0 Å². The highest BCUT2D eigenvalue weighted by Crippen LogP contribution is 2.26. The molecule has 1 unspecified atom stereocenters. The van der Waals surface area contributed by atoms with Crippen LogP contribution in [0.1, 0.15) is 24.5 Å². The highest BCUT2D eigenvalue weighted by atomic mass is 19.1. The van der Waals surface area contributed by atoms with Crippen LogP contribution >= 0.6 is 0 Å². The Balaban J connectivity index is 2.22. The summed E-state index contributed by atoms with van der Waals surface area (Å²) in [6.07, 6.45) is 0.204. The first-order valence-corrected chi connectivity index (χ1v) is 6.36. The third-order valence-corrected chi connectivity index (χ3v) is 3.10. The maximum Gasteiger partial charge on any atom is 0.131 e. The van der Waals surface area contributed by atoms with Crippen molar-refractivity contribution in [1.29, 1.82) is 0 Å². The molecule has 2 rings (SSSR count). The Kier molecular flexibility index (Phi) is 4.66. The van der Waals surface area contributed by atoms with Crippen LogP contribution in [0.5, 0.6) is 0 Å². The van der Waals surface area contributed by atoms with Gasteiger partial charge in [0.1, 0.15) is 5.82 Å². The minimum atomic E-state index is -0.730. The van der Waals surface area contributed by atoms with Crippen molar-refractivity contribution >= 4 is 0 Å². The molecule has 0 aliphatic rings. The van der Waals surface area contributed by atoms with Crippen molar-refractivity contribution in [1.82, 2.24) is 0 Å². The minimum absolute atomic E-state index is 0.0294. The Hall–Kier alpha value is -1.71. The van der Waals surface area contributed by atoms with E-state index in [0.717, 1.165) is 5.56 Å². The summed E-state index contributed by atoms with van der Waals surface area (Å²) in [4.78, 5) is 0. The number of halogens is 1. The molecule has 0 saturated heterocycles. The van der Waals surface area contributed by atoms with Gasteiger partial charge in [-0.1, -0.05) is 42.5 Å². The summed E-state index contributed by atoms with van der Waals surface area (Å²) in [5, 5.41) is 18.6. The summed E-state index contributed by atoms with van der Waals surface area (Å²) < 4.78 is 14.1. The van der Waals surface area contributed by atoms with Crippen molar-refractivity contribution in [2.24, 2.45) is 0 Å². The molecule has 1 atom stereocenters. The highest BCUT2D eigenvalue weighted by molar-refractivity contribution is 5.64. The van der Waals surface area contributed by atoms with Crippen LogP contribution in [0.25, 0.3) is 11.1 Å². The first-order valence-electron chi connectivity index (χ1n) is 6.36. The molecular formula is C16H17FO2. The lowest BCUT2D eigenvalue weighted by atomic mass is 9.99. The molecule has 2 N–H and O–H groups in total. The molecule has 2 nitrogen and oxygen atoms in total. The van der Waals surface area contributed by atoms with Crippen LogP contribution in [0.2, 0.25) is 0 Å². The highest BCUT2D eigenvalue weighted by Gasteiger charge is 2.11. The van der Waals surface area contributed by atoms with Crippen molar-refractivity contribution in [2.45, 2.75) is 18.9 Å². The second-order valence-electron chi connectivity index (χ2n) is 4.49. The molecule has 0 aliphatic carbocycles. The Morgan fingerprint density at radius 1 is 1.05 bits per heavy atom. The van der Waals surface area contributed by atoms with Crippen LogP contribution in [-0.2, 0) is 0 Å². The SMILES string of the molecule is OCCCC(O)c1ccc(-c2ccccc2)c(F)c1. The lowest BCUT2D eigenvalue weighted by Crippen LogP contribution is -2.00. The average molecular weight is 260 g/mol. The Morgan fingerprint density at radius 2 is 1.79 bits per heavy atom. The Bertz CT molecular complexity index is 526. The van der Waals surface area contributed by atoms with E-state index in [4.69, 9.17) is 5.11 Å². The Morgan fingerprint density at radius 3 is 2.42 bits per heavy atom. The third-order valence-electron chi connectivity index (χ3n) is 3.10. The molecule has 2 aromatic rings.